The molecular formula is C30H28ClN5O7S. The molecule has 1 aliphatic heterocycles. The number of rotatable bonds is 11. The topological polar surface area (TPSA) is 171 Å². The van der Waals surface area contributed by atoms with Crippen molar-refractivity contribution in [1.82, 2.24) is 10.0 Å². The van der Waals surface area contributed by atoms with E-state index in [9.17, 15) is 32.4 Å². The van der Waals surface area contributed by atoms with Gasteiger partial charge in [-0.3, -0.25) is 29.1 Å². The van der Waals surface area contributed by atoms with E-state index in [0.29, 0.717) is 17.4 Å². The second-order valence-corrected chi connectivity index (χ2v) is 12.0. The number of Topliss-reactive ketones (excluding diaryl/α,β-unsaturated/α-hetero) is 1. The average Bonchev–Trinajstić information content (AvgIpc) is 3.08. The number of ketones is 1. The summed E-state index contributed by atoms with van der Waals surface area (Å²) in [6, 6.07) is 17.9. The van der Waals surface area contributed by atoms with E-state index >= 15 is 0 Å². The molecule has 0 aliphatic carbocycles. The standard InChI is InChI=1S/C30H28ClN5O7S/c1-18(38)14-21(17-37)33-27(40)16-36-26-11-7-6-10-23(26)28(20-8-4-3-5-9-20)34-29(30(36)41)35-44(42,43)22-12-13-25(24(31)15-22)32-19(2)39/h3-13,15,17,21,29,35H,14,16H2,1-2H3,(H,32,39)(H,33,40)/t21-,29?/m0/s1. The molecule has 1 aliphatic rings. The first-order chi connectivity index (χ1) is 20.9. The molecule has 0 radical (unpaired) electrons. The monoisotopic (exact) mass is 637 g/mol. The van der Waals surface area contributed by atoms with Crippen molar-refractivity contribution in [3.63, 3.8) is 0 Å². The number of carbonyl (C=O) groups is 5. The minimum absolute atomic E-state index is 0.0512. The Hall–Kier alpha value is -4.72. The van der Waals surface area contributed by atoms with Gasteiger partial charge >= 0.3 is 0 Å². The number of benzodiazepines with no additional fused rings is 1. The van der Waals surface area contributed by atoms with Gasteiger partial charge in [-0.15, -0.1) is 0 Å². The fraction of sp³-hybridized carbons (Fsp3) is 0.200. The molecule has 1 unspecified atom stereocenters. The lowest BCUT2D eigenvalue weighted by molar-refractivity contribution is -0.126. The zero-order valence-electron chi connectivity index (χ0n) is 23.6. The number of amides is 3. The molecule has 3 aromatic rings. The largest absolute Gasteiger partial charge is 0.345 e. The number of carbonyl (C=O) groups excluding carboxylic acids is 5. The molecule has 44 heavy (non-hydrogen) atoms. The van der Waals surface area contributed by atoms with Crippen LogP contribution in [-0.4, -0.2) is 62.7 Å². The van der Waals surface area contributed by atoms with Crippen LogP contribution in [0.1, 0.15) is 31.4 Å². The molecule has 0 fully saturated rings. The van der Waals surface area contributed by atoms with Crippen LogP contribution in [0.2, 0.25) is 5.02 Å². The van der Waals surface area contributed by atoms with Crippen LogP contribution in [0.15, 0.2) is 82.7 Å². The number of halogens is 1. The molecule has 2 atom stereocenters. The van der Waals surface area contributed by atoms with Gasteiger partial charge in [0.1, 0.15) is 18.6 Å². The van der Waals surface area contributed by atoms with Crippen LogP contribution in [0.4, 0.5) is 11.4 Å². The molecule has 3 N–H and O–H groups in total. The number of aliphatic imine (C=N–C) groups is 1. The van der Waals surface area contributed by atoms with E-state index in [1.54, 1.807) is 54.6 Å². The van der Waals surface area contributed by atoms with Crippen LogP contribution in [0, 0.1) is 0 Å². The van der Waals surface area contributed by atoms with Crippen LogP contribution in [0.25, 0.3) is 0 Å². The second kappa shape index (κ2) is 13.7. The summed E-state index contributed by atoms with van der Waals surface area (Å²) in [7, 11) is -4.44. The first-order valence-electron chi connectivity index (χ1n) is 13.3. The van der Waals surface area contributed by atoms with E-state index in [-0.39, 0.29) is 39.2 Å². The van der Waals surface area contributed by atoms with Gasteiger partial charge in [0, 0.05) is 24.5 Å². The summed E-state index contributed by atoms with van der Waals surface area (Å²) < 4.78 is 29.4. The minimum atomic E-state index is -4.44. The Morgan fingerprint density at radius 3 is 2.34 bits per heavy atom. The van der Waals surface area contributed by atoms with Crippen molar-refractivity contribution in [2.24, 2.45) is 4.99 Å². The third kappa shape index (κ3) is 7.61. The molecule has 0 bridgehead atoms. The zero-order chi connectivity index (χ0) is 32.0. The smallest absolute Gasteiger partial charge is 0.268 e. The summed E-state index contributed by atoms with van der Waals surface area (Å²) in [5.74, 6) is -2.36. The van der Waals surface area contributed by atoms with Crippen molar-refractivity contribution in [3.05, 3.63) is 88.9 Å². The van der Waals surface area contributed by atoms with Crippen molar-refractivity contribution in [2.75, 3.05) is 16.8 Å². The van der Waals surface area contributed by atoms with E-state index < -0.39 is 46.5 Å². The van der Waals surface area contributed by atoms with E-state index in [2.05, 4.69) is 20.3 Å². The molecule has 1 heterocycles. The van der Waals surface area contributed by atoms with Gasteiger partial charge in [0.2, 0.25) is 21.8 Å². The maximum Gasteiger partial charge on any atom is 0.268 e. The van der Waals surface area contributed by atoms with Gasteiger partial charge in [-0.1, -0.05) is 60.1 Å². The summed E-state index contributed by atoms with van der Waals surface area (Å²) in [4.78, 5) is 66.8. The molecule has 14 heteroatoms. The second-order valence-electron chi connectivity index (χ2n) is 9.85. The maximum absolute atomic E-state index is 14.0. The lowest BCUT2D eigenvalue weighted by Crippen LogP contribution is -2.51. The maximum atomic E-state index is 14.0. The zero-order valence-corrected chi connectivity index (χ0v) is 25.2. The lowest BCUT2D eigenvalue weighted by atomic mass is 10.0. The molecule has 12 nitrogen and oxygen atoms in total. The highest BCUT2D eigenvalue weighted by molar-refractivity contribution is 7.89. The Kier molecular flexibility index (Phi) is 10.0. The number of sulfonamides is 1. The van der Waals surface area contributed by atoms with Crippen LogP contribution in [0.5, 0.6) is 0 Å². The molecule has 4 rings (SSSR count). The van der Waals surface area contributed by atoms with Crippen molar-refractivity contribution in [3.8, 4) is 0 Å². The summed E-state index contributed by atoms with van der Waals surface area (Å²) in [6.07, 6.45) is -1.54. The predicted molar refractivity (Wildman–Crippen MR) is 164 cm³/mol. The summed E-state index contributed by atoms with van der Waals surface area (Å²) in [6.45, 7) is 1.94. The van der Waals surface area contributed by atoms with Crippen molar-refractivity contribution in [1.29, 1.82) is 0 Å². The number of nitrogens with one attached hydrogen (secondary N) is 3. The number of fused-ring (bicyclic) bond motifs is 1. The lowest BCUT2D eigenvalue weighted by Gasteiger charge is -2.25. The highest BCUT2D eigenvalue weighted by atomic mass is 35.5. The Labute approximate surface area is 258 Å². The SMILES string of the molecule is CC(=O)C[C@@H](C=O)NC(=O)CN1C(=O)C(NS(=O)(=O)c2ccc(NC(C)=O)c(Cl)c2)N=C(c2ccccc2)c2ccccc21. The van der Waals surface area contributed by atoms with Gasteiger partial charge in [0.05, 0.1) is 33.0 Å². The molecule has 3 amide bonds. The predicted octanol–water partition coefficient (Wildman–Crippen LogP) is 2.45. The Morgan fingerprint density at radius 1 is 1.02 bits per heavy atom. The van der Waals surface area contributed by atoms with Crippen LogP contribution in [0.3, 0.4) is 0 Å². The summed E-state index contributed by atoms with van der Waals surface area (Å²) in [5.41, 5.74) is 1.77. The number of aldehydes is 1. The quantitative estimate of drug-likeness (QED) is 0.271. The number of para-hydroxylation sites is 1. The van der Waals surface area contributed by atoms with Crippen molar-refractivity contribution < 1.29 is 32.4 Å². The van der Waals surface area contributed by atoms with Gasteiger partial charge in [0.15, 0.2) is 6.17 Å². The number of benzene rings is 3. The number of anilines is 2. The van der Waals surface area contributed by atoms with Gasteiger partial charge in [0.25, 0.3) is 5.91 Å². The van der Waals surface area contributed by atoms with Gasteiger partial charge in [-0.2, -0.15) is 4.72 Å². The van der Waals surface area contributed by atoms with Gasteiger partial charge in [-0.25, -0.2) is 8.42 Å². The first kappa shape index (κ1) is 32.2. The summed E-state index contributed by atoms with van der Waals surface area (Å²) >= 11 is 6.21. The molecule has 0 spiro atoms. The van der Waals surface area contributed by atoms with E-state index in [1.165, 1.54) is 26.0 Å². The highest BCUT2D eigenvalue weighted by Gasteiger charge is 2.36. The van der Waals surface area contributed by atoms with Gasteiger partial charge in [-0.05, 0) is 31.2 Å². The molecule has 0 aromatic heterocycles. The Balaban J connectivity index is 1.76. The molecular weight excluding hydrogens is 610 g/mol. The minimum Gasteiger partial charge on any atom is -0.345 e. The third-order valence-corrected chi connectivity index (χ3v) is 8.12. The number of nitrogens with zero attached hydrogens (tertiary/aromatic N) is 2. The van der Waals surface area contributed by atoms with E-state index in [1.807, 2.05) is 0 Å². The Bertz CT molecular complexity index is 1760. The number of hydrogen-bond acceptors (Lipinski definition) is 8. The Morgan fingerprint density at radius 2 is 1.70 bits per heavy atom. The van der Waals surface area contributed by atoms with Crippen LogP contribution >= 0.6 is 11.6 Å². The molecule has 0 saturated carbocycles. The fourth-order valence-corrected chi connectivity index (χ4v) is 5.90. The fourth-order valence-electron chi connectivity index (χ4n) is 4.50. The van der Waals surface area contributed by atoms with Crippen LogP contribution in [-0.2, 0) is 34.0 Å². The first-order valence-corrected chi connectivity index (χ1v) is 15.1. The molecule has 0 saturated heterocycles. The normalized spacial score (nSPS) is 15.3. The molecule has 3 aromatic carbocycles. The number of hydrogen-bond donors (Lipinski definition) is 3. The van der Waals surface area contributed by atoms with Crippen molar-refractivity contribution in [2.45, 2.75) is 37.4 Å². The van der Waals surface area contributed by atoms with E-state index in [0.717, 1.165) is 11.0 Å². The third-order valence-electron chi connectivity index (χ3n) is 6.40. The summed E-state index contributed by atoms with van der Waals surface area (Å²) in [5, 5.41) is 4.87. The van der Waals surface area contributed by atoms with Crippen LogP contribution < -0.4 is 20.3 Å². The average molecular weight is 638 g/mol. The highest BCUT2D eigenvalue weighted by Crippen LogP contribution is 2.29. The molecule has 228 valence electrons. The van der Waals surface area contributed by atoms with Gasteiger partial charge < -0.3 is 15.4 Å². The van der Waals surface area contributed by atoms with E-state index in [4.69, 9.17) is 11.6 Å². The van der Waals surface area contributed by atoms with Crippen molar-refractivity contribution >= 4 is 68.5 Å².